The van der Waals surface area contributed by atoms with Gasteiger partial charge in [-0.2, -0.15) is 5.10 Å². The minimum absolute atomic E-state index is 0.323. The molecule has 2 N–H and O–H groups in total. The van der Waals surface area contributed by atoms with E-state index < -0.39 is 0 Å². The molecule has 0 amide bonds. The number of halogens is 1. The van der Waals surface area contributed by atoms with E-state index in [0.717, 1.165) is 47.4 Å². The summed E-state index contributed by atoms with van der Waals surface area (Å²) >= 11 is 0. The Morgan fingerprint density at radius 1 is 0.895 bits per heavy atom. The lowest BCUT2D eigenvalue weighted by atomic mass is 10.0. The van der Waals surface area contributed by atoms with E-state index in [1.165, 1.54) is 25.3 Å². The van der Waals surface area contributed by atoms with Crippen molar-refractivity contribution in [1.82, 2.24) is 40.0 Å². The van der Waals surface area contributed by atoms with Crippen LogP contribution >= 0.6 is 0 Å². The first-order chi connectivity index (χ1) is 18.7. The fourth-order valence-corrected chi connectivity index (χ4v) is 5.27. The van der Waals surface area contributed by atoms with Crippen LogP contribution in [-0.4, -0.2) is 53.1 Å². The number of nitrogens with one attached hydrogen (secondary N) is 2. The van der Waals surface area contributed by atoms with Gasteiger partial charge in [-0.05, 0) is 61.8 Å². The van der Waals surface area contributed by atoms with Crippen LogP contribution in [0.25, 0.3) is 56.0 Å². The Hall–Kier alpha value is -4.50. The van der Waals surface area contributed by atoms with Gasteiger partial charge in [0.15, 0.2) is 5.82 Å². The van der Waals surface area contributed by atoms with Crippen molar-refractivity contribution in [2.24, 2.45) is 0 Å². The predicted octanol–water partition coefficient (Wildman–Crippen LogP) is 5.75. The molecule has 0 unspecified atom stereocenters. The number of imidazole rings is 1. The second-order valence-corrected chi connectivity index (χ2v) is 9.72. The van der Waals surface area contributed by atoms with E-state index in [-0.39, 0.29) is 5.82 Å². The molecule has 9 heteroatoms. The van der Waals surface area contributed by atoms with Gasteiger partial charge < -0.3 is 4.98 Å². The largest absolute Gasteiger partial charge is 0.336 e. The van der Waals surface area contributed by atoms with Crippen LogP contribution in [0.15, 0.2) is 67.3 Å². The van der Waals surface area contributed by atoms with Crippen molar-refractivity contribution in [3.63, 3.8) is 0 Å². The molecule has 1 aliphatic rings. The molecule has 6 heterocycles. The summed E-state index contributed by atoms with van der Waals surface area (Å²) in [4.78, 5) is 24.0. The first kappa shape index (κ1) is 22.7. The number of piperidine rings is 1. The van der Waals surface area contributed by atoms with Crippen LogP contribution in [-0.2, 0) is 6.54 Å². The van der Waals surface area contributed by atoms with Gasteiger partial charge in [0.1, 0.15) is 22.7 Å². The van der Waals surface area contributed by atoms with E-state index in [2.05, 4.69) is 35.0 Å². The number of benzene rings is 1. The van der Waals surface area contributed by atoms with Gasteiger partial charge in [0.25, 0.3) is 0 Å². The number of pyridine rings is 3. The molecular weight excluding hydrogens is 479 g/mol. The fraction of sp³-hybridized carbons (Fsp3) is 0.207. The Morgan fingerprint density at radius 2 is 1.82 bits per heavy atom. The zero-order valence-electron chi connectivity index (χ0n) is 20.7. The summed E-state index contributed by atoms with van der Waals surface area (Å²) in [6.45, 7) is 3.02. The Labute approximate surface area is 218 Å². The van der Waals surface area contributed by atoms with Crippen LogP contribution in [0.1, 0.15) is 24.8 Å². The van der Waals surface area contributed by atoms with Crippen LogP contribution < -0.4 is 0 Å². The molecule has 38 heavy (non-hydrogen) atoms. The molecule has 1 aromatic carbocycles. The number of fused-ring (bicyclic) bond motifs is 2. The highest BCUT2D eigenvalue weighted by Crippen LogP contribution is 2.33. The highest BCUT2D eigenvalue weighted by Gasteiger charge is 2.19. The molecule has 0 bridgehead atoms. The maximum atomic E-state index is 15.3. The number of hydrogen-bond donors (Lipinski definition) is 2. The van der Waals surface area contributed by atoms with E-state index in [9.17, 15) is 0 Å². The second kappa shape index (κ2) is 9.42. The predicted molar refractivity (Wildman–Crippen MR) is 145 cm³/mol. The fourth-order valence-electron chi connectivity index (χ4n) is 5.27. The van der Waals surface area contributed by atoms with Crippen LogP contribution in [0.4, 0.5) is 4.39 Å². The van der Waals surface area contributed by atoms with Crippen molar-refractivity contribution in [3.05, 3.63) is 78.6 Å². The highest BCUT2D eigenvalue weighted by molar-refractivity contribution is 5.97. The summed E-state index contributed by atoms with van der Waals surface area (Å²) < 4.78 is 15.3. The zero-order chi connectivity index (χ0) is 25.5. The van der Waals surface area contributed by atoms with E-state index in [4.69, 9.17) is 4.98 Å². The molecule has 0 aliphatic carbocycles. The summed E-state index contributed by atoms with van der Waals surface area (Å²) in [6, 6.07) is 12.9. The molecule has 7 rings (SSSR count). The minimum atomic E-state index is -0.323. The number of H-pyrrole nitrogens is 2. The van der Waals surface area contributed by atoms with Crippen LogP contribution in [0.3, 0.4) is 0 Å². The first-order valence-corrected chi connectivity index (χ1v) is 12.8. The summed E-state index contributed by atoms with van der Waals surface area (Å²) in [7, 11) is 0. The molecule has 1 saturated heterocycles. The lowest BCUT2D eigenvalue weighted by Crippen LogP contribution is -2.29. The Kier molecular flexibility index (Phi) is 5.62. The molecule has 188 valence electrons. The number of aromatic nitrogens is 7. The van der Waals surface area contributed by atoms with E-state index >= 15 is 4.39 Å². The third-order valence-corrected chi connectivity index (χ3v) is 7.14. The summed E-state index contributed by atoms with van der Waals surface area (Å²) in [6.07, 6.45) is 10.8. The summed E-state index contributed by atoms with van der Waals surface area (Å²) in [5.41, 5.74) is 6.49. The van der Waals surface area contributed by atoms with E-state index in [1.807, 2.05) is 42.6 Å². The van der Waals surface area contributed by atoms with Crippen molar-refractivity contribution in [2.45, 2.75) is 25.8 Å². The maximum Gasteiger partial charge on any atom is 0.159 e. The SMILES string of the molecule is Fc1cc2[nH]nc(-c3nc4c(-c5ccccn5)nccc4[nH]3)c2cc1-c1cncc(CN2CCCCC2)c1. The highest BCUT2D eigenvalue weighted by atomic mass is 19.1. The monoisotopic (exact) mass is 504 g/mol. The molecule has 8 nitrogen and oxygen atoms in total. The van der Waals surface area contributed by atoms with Crippen LogP contribution in [0.2, 0.25) is 0 Å². The number of rotatable bonds is 5. The Balaban J connectivity index is 1.29. The lowest BCUT2D eigenvalue weighted by Gasteiger charge is -2.26. The molecule has 5 aromatic heterocycles. The van der Waals surface area contributed by atoms with Crippen LogP contribution in [0, 0.1) is 5.82 Å². The second-order valence-electron chi connectivity index (χ2n) is 9.72. The topological polar surface area (TPSA) is 99.3 Å². The third-order valence-electron chi connectivity index (χ3n) is 7.14. The van der Waals surface area contributed by atoms with Gasteiger partial charge in [-0.15, -0.1) is 0 Å². The van der Waals surface area contributed by atoms with Gasteiger partial charge in [-0.3, -0.25) is 25.0 Å². The van der Waals surface area contributed by atoms with Gasteiger partial charge >= 0.3 is 0 Å². The van der Waals surface area contributed by atoms with Crippen molar-refractivity contribution in [3.8, 4) is 34.0 Å². The average Bonchev–Trinajstić information content (AvgIpc) is 3.57. The standard InChI is InChI=1S/C29H25FN8/c30-22-14-25-21(13-20(22)19-12-18(15-31-16-19)17-38-10-4-1-5-11-38)26(37-36-25)29-34-24-7-9-33-27(28(24)35-29)23-6-2-3-8-32-23/h2-3,6-9,12-16H,1,4-5,10-11,17H2,(H,34,35)(H,36,37). The van der Waals surface area contributed by atoms with E-state index in [1.54, 1.807) is 18.6 Å². The maximum absolute atomic E-state index is 15.3. The molecule has 1 fully saturated rings. The zero-order valence-corrected chi connectivity index (χ0v) is 20.7. The van der Waals surface area contributed by atoms with Gasteiger partial charge in [-0.25, -0.2) is 9.37 Å². The first-order valence-electron chi connectivity index (χ1n) is 12.8. The smallest absolute Gasteiger partial charge is 0.159 e. The molecular formula is C29H25FN8. The van der Waals surface area contributed by atoms with Crippen molar-refractivity contribution in [1.29, 1.82) is 0 Å². The molecule has 0 radical (unpaired) electrons. The molecule has 0 atom stereocenters. The molecule has 1 aliphatic heterocycles. The molecule has 6 aromatic rings. The van der Waals surface area contributed by atoms with Crippen molar-refractivity contribution < 1.29 is 4.39 Å². The Morgan fingerprint density at radius 3 is 2.68 bits per heavy atom. The van der Waals surface area contributed by atoms with E-state index in [0.29, 0.717) is 33.8 Å². The number of hydrogen-bond acceptors (Lipinski definition) is 6. The van der Waals surface area contributed by atoms with Crippen LogP contribution in [0.5, 0.6) is 0 Å². The Bertz CT molecular complexity index is 1750. The molecule has 0 spiro atoms. The normalized spacial score (nSPS) is 14.4. The average molecular weight is 505 g/mol. The van der Waals surface area contributed by atoms with Gasteiger partial charge in [0.05, 0.1) is 16.7 Å². The number of aromatic amines is 2. The van der Waals surface area contributed by atoms with Crippen molar-refractivity contribution >= 4 is 21.9 Å². The van der Waals surface area contributed by atoms with Gasteiger partial charge in [0, 0.05) is 53.9 Å². The minimum Gasteiger partial charge on any atom is -0.336 e. The summed E-state index contributed by atoms with van der Waals surface area (Å²) in [5.74, 6) is 0.252. The number of likely N-dealkylation sites (tertiary alicyclic amines) is 1. The lowest BCUT2D eigenvalue weighted by molar-refractivity contribution is 0.220. The molecule has 0 saturated carbocycles. The van der Waals surface area contributed by atoms with Gasteiger partial charge in [0.2, 0.25) is 0 Å². The van der Waals surface area contributed by atoms with Crippen molar-refractivity contribution in [2.75, 3.05) is 13.1 Å². The summed E-state index contributed by atoms with van der Waals surface area (Å²) in [5, 5.41) is 8.22. The van der Waals surface area contributed by atoms with Gasteiger partial charge in [-0.1, -0.05) is 12.5 Å². The number of nitrogens with zero attached hydrogens (tertiary/aromatic N) is 6. The third kappa shape index (κ3) is 4.10. The quantitative estimate of drug-likeness (QED) is 0.310.